The third-order valence-corrected chi connectivity index (χ3v) is 7.75. The lowest BCUT2D eigenvalue weighted by molar-refractivity contribution is -0.102. The van der Waals surface area contributed by atoms with Crippen molar-refractivity contribution in [2.45, 2.75) is 49.3 Å². The Kier molecular flexibility index (Phi) is 3.54. The lowest BCUT2D eigenvalue weighted by Crippen LogP contribution is -2.66. The van der Waals surface area contributed by atoms with Gasteiger partial charge in [-0.1, -0.05) is 22.0 Å². The predicted octanol–water partition coefficient (Wildman–Crippen LogP) is 3.04. The first-order valence-electron chi connectivity index (χ1n) is 9.21. The molecule has 5 atom stereocenters. The number of nitrogens with zero attached hydrogens (tertiary/aromatic N) is 1. The van der Waals surface area contributed by atoms with Gasteiger partial charge < -0.3 is 14.6 Å². The van der Waals surface area contributed by atoms with Gasteiger partial charge >= 0.3 is 0 Å². The molecular weight excluding hydrogens is 382 g/mol. The van der Waals surface area contributed by atoms with Gasteiger partial charge in [0.2, 0.25) is 0 Å². The first kappa shape index (κ1) is 16.2. The van der Waals surface area contributed by atoms with E-state index in [1.165, 1.54) is 11.1 Å². The maximum absolute atomic E-state index is 10.8. The molecule has 1 spiro atoms. The summed E-state index contributed by atoms with van der Waals surface area (Å²) in [5, 5.41) is 10.8. The number of likely N-dealkylation sites (tertiary alicyclic amines) is 1. The van der Waals surface area contributed by atoms with E-state index in [0.29, 0.717) is 12.0 Å². The molecular formula is C20H24BrNO3. The zero-order valence-electron chi connectivity index (χ0n) is 14.5. The largest absolute Gasteiger partial charge is 0.493 e. The van der Waals surface area contributed by atoms with Crippen LogP contribution >= 0.6 is 15.9 Å². The van der Waals surface area contributed by atoms with E-state index >= 15 is 0 Å². The Morgan fingerprint density at radius 3 is 3.12 bits per heavy atom. The molecule has 4 aliphatic rings. The lowest BCUT2D eigenvalue weighted by Gasteiger charge is -2.59. The molecule has 1 aromatic carbocycles. The average molecular weight is 406 g/mol. The molecule has 2 heterocycles. The minimum Gasteiger partial charge on any atom is -0.493 e. The molecule has 0 amide bonds. The Hall–Kier alpha value is -1.04. The van der Waals surface area contributed by atoms with Crippen LogP contribution in [0.25, 0.3) is 0 Å². The number of methoxy groups -OCH3 is 1. The summed E-state index contributed by atoms with van der Waals surface area (Å²) in [7, 11) is 1.69. The van der Waals surface area contributed by atoms with Crippen molar-refractivity contribution in [1.29, 1.82) is 0 Å². The second kappa shape index (κ2) is 5.48. The Labute approximate surface area is 156 Å². The summed E-state index contributed by atoms with van der Waals surface area (Å²) in [4.78, 5) is 2.58. The van der Waals surface area contributed by atoms with Crippen LogP contribution < -0.4 is 9.47 Å². The number of benzene rings is 1. The van der Waals surface area contributed by atoms with Gasteiger partial charge in [0.25, 0.3) is 0 Å². The van der Waals surface area contributed by atoms with Gasteiger partial charge in [-0.2, -0.15) is 0 Å². The van der Waals surface area contributed by atoms with Crippen molar-refractivity contribution in [3.63, 3.8) is 0 Å². The van der Waals surface area contributed by atoms with Crippen molar-refractivity contribution in [2.75, 3.05) is 20.2 Å². The van der Waals surface area contributed by atoms with Gasteiger partial charge in [-0.25, -0.2) is 0 Å². The van der Waals surface area contributed by atoms with E-state index in [0.717, 1.165) is 54.7 Å². The molecule has 4 nitrogen and oxygen atoms in total. The van der Waals surface area contributed by atoms with Gasteiger partial charge in [-0.15, -0.1) is 6.58 Å². The quantitative estimate of drug-likeness (QED) is 0.784. The van der Waals surface area contributed by atoms with E-state index in [9.17, 15) is 5.11 Å². The van der Waals surface area contributed by atoms with E-state index in [1.54, 1.807) is 7.11 Å². The normalized spacial score (nSPS) is 38.0. The summed E-state index contributed by atoms with van der Waals surface area (Å²) in [5.74, 6) is 2.20. The molecule has 2 aliphatic heterocycles. The van der Waals surface area contributed by atoms with Gasteiger partial charge in [0.05, 0.1) is 13.2 Å². The maximum atomic E-state index is 10.8. The smallest absolute Gasteiger partial charge is 0.166 e. The highest BCUT2D eigenvalue weighted by atomic mass is 79.9. The molecule has 1 saturated carbocycles. The summed E-state index contributed by atoms with van der Waals surface area (Å²) in [6.07, 6.45) is 5.42. The molecule has 5 rings (SSSR count). The van der Waals surface area contributed by atoms with Crippen molar-refractivity contribution in [2.24, 2.45) is 5.92 Å². The minimum absolute atomic E-state index is 0.0695. The summed E-state index contributed by atoms with van der Waals surface area (Å²) in [6.45, 7) is 5.92. The van der Waals surface area contributed by atoms with Crippen molar-refractivity contribution >= 4 is 15.9 Å². The second-order valence-electron chi connectivity index (χ2n) is 7.88. The van der Waals surface area contributed by atoms with Gasteiger partial charge in [0, 0.05) is 28.0 Å². The van der Waals surface area contributed by atoms with Crippen LogP contribution in [0.15, 0.2) is 23.2 Å². The molecule has 1 saturated heterocycles. The first-order valence-corrected chi connectivity index (χ1v) is 10.0. The Morgan fingerprint density at radius 2 is 2.36 bits per heavy atom. The van der Waals surface area contributed by atoms with E-state index in [-0.39, 0.29) is 11.5 Å². The van der Waals surface area contributed by atoms with Crippen LogP contribution in [0, 0.1) is 5.92 Å². The van der Waals surface area contributed by atoms with Crippen LogP contribution in [0.3, 0.4) is 0 Å². The van der Waals surface area contributed by atoms with Gasteiger partial charge in [-0.3, -0.25) is 4.90 Å². The third-order valence-electron chi connectivity index (χ3n) is 7.04. The van der Waals surface area contributed by atoms with Crippen LogP contribution in [0.5, 0.6) is 11.5 Å². The van der Waals surface area contributed by atoms with Crippen molar-refractivity contribution in [3.05, 3.63) is 34.3 Å². The summed E-state index contributed by atoms with van der Waals surface area (Å²) >= 11 is 3.79. The van der Waals surface area contributed by atoms with Gasteiger partial charge in [-0.05, 0) is 49.8 Å². The highest BCUT2D eigenvalue weighted by Crippen LogP contribution is 2.64. The molecule has 0 aromatic heterocycles. The molecule has 5 heteroatoms. The molecule has 0 radical (unpaired) electrons. The molecule has 134 valence electrons. The molecule has 1 N–H and O–H groups in total. The third kappa shape index (κ3) is 1.89. The highest BCUT2D eigenvalue weighted by molar-refractivity contribution is 9.10. The Bertz CT molecular complexity index is 751. The molecule has 25 heavy (non-hydrogen) atoms. The number of aliphatic hydroxyl groups is 1. The average Bonchev–Trinajstić information content (AvgIpc) is 2.95. The summed E-state index contributed by atoms with van der Waals surface area (Å²) in [6, 6.07) is 2.52. The topological polar surface area (TPSA) is 41.9 Å². The number of piperidine rings is 1. The molecule has 2 bridgehead atoms. The monoisotopic (exact) mass is 405 g/mol. The van der Waals surface area contributed by atoms with Crippen LogP contribution in [-0.4, -0.2) is 48.5 Å². The van der Waals surface area contributed by atoms with Crippen molar-refractivity contribution < 1.29 is 14.6 Å². The van der Waals surface area contributed by atoms with E-state index < -0.39 is 6.10 Å². The maximum Gasteiger partial charge on any atom is 0.166 e. The van der Waals surface area contributed by atoms with Crippen LogP contribution in [0.2, 0.25) is 0 Å². The van der Waals surface area contributed by atoms with Crippen LogP contribution in [-0.2, 0) is 11.8 Å². The number of hydrogen-bond acceptors (Lipinski definition) is 4. The van der Waals surface area contributed by atoms with Crippen LogP contribution in [0.4, 0.5) is 0 Å². The zero-order chi connectivity index (χ0) is 17.3. The number of ether oxygens (including phenoxy) is 2. The molecule has 2 fully saturated rings. The molecule has 1 aromatic rings. The number of rotatable bonds is 3. The summed E-state index contributed by atoms with van der Waals surface area (Å²) in [5.41, 5.74) is 2.60. The fourth-order valence-electron chi connectivity index (χ4n) is 6.17. The fraction of sp³-hybridized carbons (Fsp3) is 0.600. The first-order chi connectivity index (χ1) is 12.1. The van der Waals surface area contributed by atoms with E-state index in [4.69, 9.17) is 9.47 Å². The summed E-state index contributed by atoms with van der Waals surface area (Å²) < 4.78 is 13.2. The minimum atomic E-state index is -0.398. The molecule has 2 unspecified atom stereocenters. The lowest BCUT2D eigenvalue weighted by atomic mass is 9.51. The van der Waals surface area contributed by atoms with Crippen LogP contribution in [0.1, 0.15) is 30.4 Å². The SMILES string of the molecule is C=CCN1CCC23c4c5c(Br)cc(OC)c4O[C@H]2[C@@H](O)CC[C@H]3C1C5. The number of aliphatic hydroxyl groups excluding tert-OH is 1. The predicted molar refractivity (Wildman–Crippen MR) is 99.4 cm³/mol. The number of halogens is 1. The van der Waals surface area contributed by atoms with Crippen molar-refractivity contribution in [3.8, 4) is 11.5 Å². The Morgan fingerprint density at radius 1 is 1.52 bits per heavy atom. The standard InChI is InChI=1S/C20H24BrNO3/c1-3-7-22-8-6-20-12-4-5-15(23)19(20)25-18-16(24-2)10-13(21)11(17(18)20)9-14(12)22/h3,10,12,14-15,19,23H,1,4-9H2,2H3/t12-,14?,15-,19-,20?/m0/s1. The zero-order valence-corrected chi connectivity index (χ0v) is 16.1. The van der Waals surface area contributed by atoms with Gasteiger partial charge in [0.1, 0.15) is 6.10 Å². The van der Waals surface area contributed by atoms with Crippen molar-refractivity contribution in [1.82, 2.24) is 4.90 Å². The van der Waals surface area contributed by atoms with E-state index in [2.05, 4.69) is 27.4 Å². The van der Waals surface area contributed by atoms with E-state index in [1.807, 2.05) is 12.1 Å². The number of hydrogen-bond donors (Lipinski definition) is 1. The Balaban J connectivity index is 1.76. The molecule has 2 aliphatic carbocycles. The highest BCUT2D eigenvalue weighted by Gasteiger charge is 2.65. The fourth-order valence-corrected chi connectivity index (χ4v) is 6.74. The second-order valence-corrected chi connectivity index (χ2v) is 8.73. The van der Waals surface area contributed by atoms with Gasteiger partial charge in [0.15, 0.2) is 11.5 Å².